The maximum absolute atomic E-state index is 10.7. The molecule has 0 spiro atoms. The highest BCUT2D eigenvalue weighted by atomic mass is 16.6. The van der Waals surface area contributed by atoms with Gasteiger partial charge in [-0.1, -0.05) is 30.3 Å². The first kappa shape index (κ1) is 13.2. The first-order chi connectivity index (χ1) is 10.2. The van der Waals surface area contributed by atoms with Crippen LogP contribution in [0.15, 0.2) is 54.2 Å². The highest BCUT2D eigenvalue weighted by Gasteiger charge is 2.19. The molecule has 5 heteroatoms. The highest BCUT2D eigenvalue weighted by Crippen LogP contribution is 2.30. The molecule has 0 atom stereocenters. The fraction of sp³-hybridized carbons (Fsp3) is 0.125. The molecule has 2 aromatic carbocycles. The molecule has 3 rings (SSSR count). The molecule has 1 aliphatic rings. The van der Waals surface area contributed by atoms with Gasteiger partial charge in [0.05, 0.1) is 4.92 Å². The van der Waals surface area contributed by atoms with Crippen LogP contribution in [0.2, 0.25) is 0 Å². The van der Waals surface area contributed by atoms with Crippen LogP contribution in [-0.4, -0.2) is 11.5 Å². The molecule has 2 aromatic rings. The van der Waals surface area contributed by atoms with E-state index < -0.39 is 4.92 Å². The Morgan fingerprint density at radius 2 is 2.00 bits per heavy atom. The van der Waals surface area contributed by atoms with E-state index in [0.717, 1.165) is 5.56 Å². The molecular weight excluding hydrogens is 270 g/mol. The predicted octanol–water partition coefficient (Wildman–Crippen LogP) is 3.28. The summed E-state index contributed by atoms with van der Waals surface area (Å²) in [5.74, 6) is 1.28. The van der Waals surface area contributed by atoms with Crippen LogP contribution < -0.4 is 9.47 Å². The Morgan fingerprint density at radius 1 is 1.19 bits per heavy atom. The third kappa shape index (κ3) is 3.02. The summed E-state index contributed by atoms with van der Waals surface area (Å²) >= 11 is 0. The van der Waals surface area contributed by atoms with Crippen LogP contribution in [-0.2, 0) is 6.61 Å². The fourth-order valence-electron chi connectivity index (χ4n) is 2.07. The SMILES string of the molecule is O=[N+]([O-])C1=Cc2ccc(OCc3ccccc3)cc2OC1. The van der Waals surface area contributed by atoms with Gasteiger partial charge in [-0.2, -0.15) is 0 Å². The van der Waals surface area contributed by atoms with Gasteiger partial charge in [-0.05, 0) is 17.7 Å². The Morgan fingerprint density at radius 3 is 2.76 bits per heavy atom. The van der Waals surface area contributed by atoms with Gasteiger partial charge in [-0.3, -0.25) is 10.1 Å². The predicted molar refractivity (Wildman–Crippen MR) is 77.7 cm³/mol. The zero-order valence-corrected chi connectivity index (χ0v) is 11.2. The summed E-state index contributed by atoms with van der Waals surface area (Å²) in [5.41, 5.74) is 1.83. The molecule has 1 heterocycles. The van der Waals surface area contributed by atoms with Gasteiger partial charge in [0.25, 0.3) is 5.70 Å². The molecule has 21 heavy (non-hydrogen) atoms. The van der Waals surface area contributed by atoms with E-state index in [0.29, 0.717) is 23.7 Å². The van der Waals surface area contributed by atoms with Gasteiger partial charge in [-0.25, -0.2) is 0 Å². The minimum atomic E-state index is -0.428. The molecular formula is C16H13NO4. The maximum atomic E-state index is 10.7. The molecule has 0 bridgehead atoms. The van der Waals surface area contributed by atoms with Crippen molar-refractivity contribution in [1.29, 1.82) is 0 Å². The number of nitro groups is 1. The summed E-state index contributed by atoms with van der Waals surface area (Å²) < 4.78 is 11.1. The minimum Gasteiger partial charge on any atom is -0.489 e. The van der Waals surface area contributed by atoms with E-state index in [1.54, 1.807) is 18.2 Å². The normalized spacial score (nSPS) is 12.9. The second kappa shape index (κ2) is 5.66. The van der Waals surface area contributed by atoms with Gasteiger partial charge in [0.2, 0.25) is 0 Å². The molecule has 0 radical (unpaired) electrons. The molecule has 1 aliphatic heterocycles. The number of rotatable bonds is 4. The van der Waals surface area contributed by atoms with Crippen molar-refractivity contribution in [3.8, 4) is 11.5 Å². The summed E-state index contributed by atoms with van der Waals surface area (Å²) in [6.07, 6.45) is 1.53. The summed E-state index contributed by atoms with van der Waals surface area (Å²) in [4.78, 5) is 10.3. The Balaban J connectivity index is 1.74. The van der Waals surface area contributed by atoms with Gasteiger partial charge in [0.15, 0.2) is 6.61 Å². The van der Waals surface area contributed by atoms with Crippen molar-refractivity contribution < 1.29 is 14.4 Å². The Labute approximate surface area is 121 Å². The Hall–Kier alpha value is -2.82. The van der Waals surface area contributed by atoms with E-state index in [4.69, 9.17) is 9.47 Å². The Bertz CT molecular complexity index is 695. The summed E-state index contributed by atoms with van der Waals surface area (Å²) in [5, 5.41) is 10.7. The monoisotopic (exact) mass is 283 g/mol. The van der Waals surface area contributed by atoms with E-state index in [1.807, 2.05) is 30.3 Å². The third-order valence-electron chi connectivity index (χ3n) is 3.17. The van der Waals surface area contributed by atoms with Gasteiger partial charge >= 0.3 is 0 Å². The van der Waals surface area contributed by atoms with E-state index in [9.17, 15) is 10.1 Å². The molecule has 0 N–H and O–H groups in total. The van der Waals surface area contributed by atoms with E-state index in [-0.39, 0.29) is 12.3 Å². The van der Waals surface area contributed by atoms with Crippen LogP contribution in [0, 0.1) is 10.1 Å². The van der Waals surface area contributed by atoms with Gasteiger partial charge in [0, 0.05) is 17.7 Å². The summed E-state index contributed by atoms with van der Waals surface area (Å²) in [6, 6.07) is 15.1. The molecule has 0 unspecified atom stereocenters. The molecule has 0 amide bonds. The fourth-order valence-corrected chi connectivity index (χ4v) is 2.07. The van der Waals surface area contributed by atoms with Crippen molar-refractivity contribution in [2.24, 2.45) is 0 Å². The minimum absolute atomic E-state index is 0.0257. The lowest BCUT2D eigenvalue weighted by Crippen LogP contribution is -2.13. The van der Waals surface area contributed by atoms with Crippen LogP contribution in [0.4, 0.5) is 0 Å². The number of hydrogen-bond donors (Lipinski definition) is 0. The summed E-state index contributed by atoms with van der Waals surface area (Å²) in [7, 11) is 0. The first-order valence-corrected chi connectivity index (χ1v) is 6.51. The average molecular weight is 283 g/mol. The van der Waals surface area contributed by atoms with Crippen molar-refractivity contribution in [2.45, 2.75) is 6.61 Å². The van der Waals surface area contributed by atoms with Crippen molar-refractivity contribution in [2.75, 3.05) is 6.61 Å². The molecule has 106 valence electrons. The standard InChI is InChI=1S/C16H13NO4/c18-17(19)14-8-13-6-7-15(9-16(13)21-11-14)20-10-12-4-2-1-3-5-12/h1-9H,10-11H2. The van der Waals surface area contributed by atoms with Gasteiger partial charge in [-0.15, -0.1) is 0 Å². The second-order valence-electron chi connectivity index (χ2n) is 4.66. The zero-order chi connectivity index (χ0) is 14.7. The van der Waals surface area contributed by atoms with Crippen molar-refractivity contribution in [1.82, 2.24) is 0 Å². The molecule has 0 saturated carbocycles. The topological polar surface area (TPSA) is 61.6 Å². The smallest absolute Gasteiger partial charge is 0.284 e. The maximum Gasteiger partial charge on any atom is 0.284 e. The lowest BCUT2D eigenvalue weighted by atomic mass is 10.1. The largest absolute Gasteiger partial charge is 0.489 e. The van der Waals surface area contributed by atoms with E-state index in [2.05, 4.69) is 0 Å². The van der Waals surface area contributed by atoms with Crippen LogP contribution in [0.1, 0.15) is 11.1 Å². The van der Waals surface area contributed by atoms with Gasteiger partial charge < -0.3 is 9.47 Å². The number of benzene rings is 2. The van der Waals surface area contributed by atoms with Crippen LogP contribution in [0.25, 0.3) is 6.08 Å². The average Bonchev–Trinajstić information content (AvgIpc) is 2.53. The number of fused-ring (bicyclic) bond motifs is 1. The quantitative estimate of drug-likeness (QED) is 0.638. The second-order valence-corrected chi connectivity index (χ2v) is 4.66. The Kier molecular flexibility index (Phi) is 3.55. The lowest BCUT2D eigenvalue weighted by Gasteiger charge is -2.15. The highest BCUT2D eigenvalue weighted by molar-refractivity contribution is 5.62. The molecule has 0 aliphatic carbocycles. The first-order valence-electron chi connectivity index (χ1n) is 6.51. The van der Waals surface area contributed by atoms with E-state index >= 15 is 0 Å². The zero-order valence-electron chi connectivity index (χ0n) is 11.2. The number of ether oxygens (including phenoxy) is 2. The van der Waals surface area contributed by atoms with Crippen molar-refractivity contribution in [3.05, 3.63) is 75.5 Å². The van der Waals surface area contributed by atoms with Crippen LogP contribution in [0.5, 0.6) is 11.5 Å². The molecule has 0 fully saturated rings. The third-order valence-corrected chi connectivity index (χ3v) is 3.17. The summed E-state index contributed by atoms with van der Waals surface area (Å²) in [6.45, 7) is 0.442. The van der Waals surface area contributed by atoms with Crippen LogP contribution >= 0.6 is 0 Å². The molecule has 0 aromatic heterocycles. The van der Waals surface area contributed by atoms with Gasteiger partial charge in [0.1, 0.15) is 18.1 Å². The van der Waals surface area contributed by atoms with Crippen molar-refractivity contribution in [3.63, 3.8) is 0 Å². The van der Waals surface area contributed by atoms with E-state index in [1.165, 1.54) is 6.08 Å². The number of hydrogen-bond acceptors (Lipinski definition) is 4. The number of nitrogens with zero attached hydrogens (tertiary/aromatic N) is 1. The molecule has 0 saturated heterocycles. The van der Waals surface area contributed by atoms with Crippen LogP contribution in [0.3, 0.4) is 0 Å². The van der Waals surface area contributed by atoms with Crippen molar-refractivity contribution >= 4 is 6.08 Å². The molecule has 5 nitrogen and oxygen atoms in total. The lowest BCUT2D eigenvalue weighted by molar-refractivity contribution is -0.427.